The molecule has 1 N–H and O–H groups in total. The van der Waals surface area contributed by atoms with Crippen molar-refractivity contribution in [3.8, 4) is 11.5 Å². The minimum absolute atomic E-state index is 0.0240. The third-order valence-electron chi connectivity index (χ3n) is 5.82. The number of aryl methyl sites for hydroxylation is 2. The first-order chi connectivity index (χ1) is 15.4. The number of fused-ring (bicyclic) bond motifs is 2. The van der Waals surface area contributed by atoms with Crippen LogP contribution in [0.2, 0.25) is 0 Å². The molecular weight excluding hydrogens is 406 g/mol. The van der Waals surface area contributed by atoms with Gasteiger partial charge in [0, 0.05) is 5.69 Å². The molecule has 1 aliphatic heterocycles. The largest absolute Gasteiger partial charge is 0.504 e. The van der Waals surface area contributed by atoms with Crippen LogP contribution >= 0.6 is 0 Å². The average Bonchev–Trinajstić information content (AvgIpc) is 3.07. The summed E-state index contributed by atoms with van der Waals surface area (Å²) in [5.74, 6) is -0.121. The Bertz CT molecular complexity index is 1450. The van der Waals surface area contributed by atoms with Gasteiger partial charge in [0.15, 0.2) is 16.9 Å². The molecule has 1 unspecified atom stereocenters. The number of ether oxygens (including phenoxy) is 1. The quantitative estimate of drug-likeness (QED) is 0.504. The van der Waals surface area contributed by atoms with Crippen LogP contribution in [0.5, 0.6) is 11.5 Å². The second kappa shape index (κ2) is 7.27. The molecule has 0 spiro atoms. The molecule has 1 atom stereocenters. The van der Waals surface area contributed by atoms with Gasteiger partial charge in [0.1, 0.15) is 5.58 Å². The number of phenols is 1. The maximum Gasteiger partial charge on any atom is 0.295 e. The number of phenolic OH excluding ortho intramolecular Hbond substituents is 1. The summed E-state index contributed by atoms with van der Waals surface area (Å²) in [5.41, 5.74) is 3.60. The van der Waals surface area contributed by atoms with Crippen molar-refractivity contribution in [2.24, 2.45) is 0 Å². The molecule has 3 aromatic carbocycles. The van der Waals surface area contributed by atoms with Crippen LogP contribution < -0.4 is 15.1 Å². The number of hydrogen-bond donors (Lipinski definition) is 1. The van der Waals surface area contributed by atoms with E-state index in [0.717, 1.165) is 11.1 Å². The van der Waals surface area contributed by atoms with E-state index in [2.05, 4.69) is 0 Å². The zero-order valence-corrected chi connectivity index (χ0v) is 17.9. The van der Waals surface area contributed by atoms with Gasteiger partial charge in [0.05, 0.1) is 24.1 Å². The van der Waals surface area contributed by atoms with Gasteiger partial charge in [0.25, 0.3) is 5.91 Å². The van der Waals surface area contributed by atoms with Crippen LogP contribution in [0, 0.1) is 13.8 Å². The summed E-state index contributed by atoms with van der Waals surface area (Å²) < 4.78 is 11.3. The summed E-state index contributed by atoms with van der Waals surface area (Å²) in [5, 5.41) is 10.5. The Kier molecular flexibility index (Phi) is 4.51. The standard InChI is InChI=1S/C26H21NO5/c1-14-5-4-6-17(11-14)27-23(16-8-9-19(28)21(13-16)31-3)22-24(29)18-12-15(2)7-10-20(18)32-25(22)26(27)30/h4-13,23,28H,1-3H3. The van der Waals surface area contributed by atoms with Crippen LogP contribution in [-0.4, -0.2) is 18.1 Å². The van der Waals surface area contributed by atoms with E-state index in [4.69, 9.17) is 9.15 Å². The van der Waals surface area contributed by atoms with Crippen molar-refractivity contribution < 1.29 is 19.1 Å². The van der Waals surface area contributed by atoms with E-state index in [9.17, 15) is 14.7 Å². The SMILES string of the molecule is COc1cc(C2c3c(oc4ccc(C)cc4c3=O)C(=O)N2c2cccc(C)c2)ccc1O. The van der Waals surface area contributed by atoms with Gasteiger partial charge in [-0.25, -0.2) is 0 Å². The van der Waals surface area contributed by atoms with E-state index in [-0.39, 0.29) is 34.2 Å². The Morgan fingerprint density at radius 2 is 1.75 bits per heavy atom. The molecular formula is C26H21NO5. The molecule has 6 nitrogen and oxygen atoms in total. The van der Waals surface area contributed by atoms with Gasteiger partial charge in [-0.3, -0.25) is 14.5 Å². The van der Waals surface area contributed by atoms with E-state index >= 15 is 0 Å². The highest BCUT2D eigenvalue weighted by atomic mass is 16.5. The Morgan fingerprint density at radius 1 is 0.969 bits per heavy atom. The number of aromatic hydroxyl groups is 1. The van der Waals surface area contributed by atoms with Crippen molar-refractivity contribution >= 4 is 22.6 Å². The lowest BCUT2D eigenvalue weighted by Gasteiger charge is -2.26. The number of methoxy groups -OCH3 is 1. The van der Waals surface area contributed by atoms with Crippen molar-refractivity contribution in [1.82, 2.24) is 0 Å². The first kappa shape index (κ1) is 19.9. The van der Waals surface area contributed by atoms with E-state index in [0.29, 0.717) is 22.2 Å². The van der Waals surface area contributed by atoms with E-state index in [1.54, 1.807) is 29.2 Å². The highest BCUT2D eigenvalue weighted by Gasteiger charge is 2.43. The molecule has 0 saturated carbocycles. The van der Waals surface area contributed by atoms with Gasteiger partial charge in [-0.05, 0) is 61.4 Å². The third-order valence-corrected chi connectivity index (χ3v) is 5.82. The Labute approximate surface area is 184 Å². The van der Waals surface area contributed by atoms with Crippen molar-refractivity contribution in [2.45, 2.75) is 19.9 Å². The van der Waals surface area contributed by atoms with Crippen LogP contribution in [0.1, 0.15) is 38.9 Å². The minimum Gasteiger partial charge on any atom is -0.504 e. The predicted octanol–water partition coefficient (Wildman–Crippen LogP) is 4.87. The first-order valence-electron chi connectivity index (χ1n) is 10.2. The lowest BCUT2D eigenvalue weighted by molar-refractivity contribution is 0.0971. The van der Waals surface area contributed by atoms with Crippen molar-refractivity contribution in [3.05, 3.63) is 98.9 Å². The summed E-state index contributed by atoms with van der Waals surface area (Å²) in [6.07, 6.45) is 0. The van der Waals surface area contributed by atoms with Gasteiger partial charge in [0.2, 0.25) is 5.76 Å². The topological polar surface area (TPSA) is 80.0 Å². The van der Waals surface area contributed by atoms with Crippen molar-refractivity contribution in [3.63, 3.8) is 0 Å². The normalized spacial score (nSPS) is 15.3. The average molecular weight is 427 g/mol. The van der Waals surface area contributed by atoms with Gasteiger partial charge in [-0.2, -0.15) is 0 Å². The molecule has 4 aromatic rings. The number of benzene rings is 3. The second-order valence-electron chi connectivity index (χ2n) is 8.02. The summed E-state index contributed by atoms with van der Waals surface area (Å²) in [7, 11) is 1.45. The zero-order chi connectivity index (χ0) is 22.6. The number of carbonyl (C=O) groups excluding carboxylic acids is 1. The van der Waals surface area contributed by atoms with Crippen molar-refractivity contribution in [1.29, 1.82) is 0 Å². The lowest BCUT2D eigenvalue weighted by Crippen LogP contribution is -2.29. The van der Waals surface area contributed by atoms with Crippen LogP contribution in [-0.2, 0) is 0 Å². The van der Waals surface area contributed by atoms with E-state index in [1.807, 2.05) is 44.2 Å². The molecule has 0 saturated heterocycles. The fourth-order valence-corrected chi connectivity index (χ4v) is 4.31. The number of nitrogens with zero attached hydrogens (tertiary/aromatic N) is 1. The van der Waals surface area contributed by atoms with E-state index in [1.165, 1.54) is 13.2 Å². The highest BCUT2D eigenvalue weighted by Crippen LogP contribution is 2.43. The van der Waals surface area contributed by atoms with Crippen LogP contribution in [0.3, 0.4) is 0 Å². The second-order valence-corrected chi connectivity index (χ2v) is 8.02. The highest BCUT2D eigenvalue weighted by molar-refractivity contribution is 6.10. The van der Waals surface area contributed by atoms with Crippen LogP contribution in [0.15, 0.2) is 69.9 Å². The molecule has 32 heavy (non-hydrogen) atoms. The first-order valence-corrected chi connectivity index (χ1v) is 10.2. The van der Waals surface area contributed by atoms with Crippen LogP contribution in [0.25, 0.3) is 11.0 Å². The number of rotatable bonds is 3. The summed E-state index contributed by atoms with van der Waals surface area (Å²) in [4.78, 5) is 28.8. The molecule has 160 valence electrons. The smallest absolute Gasteiger partial charge is 0.295 e. The minimum atomic E-state index is -0.727. The number of amides is 1. The monoisotopic (exact) mass is 427 g/mol. The van der Waals surface area contributed by atoms with Gasteiger partial charge in [-0.15, -0.1) is 0 Å². The molecule has 1 aromatic heterocycles. The number of anilines is 1. The zero-order valence-electron chi connectivity index (χ0n) is 17.9. The molecule has 0 aliphatic carbocycles. The maximum atomic E-state index is 13.6. The Balaban J connectivity index is 1.83. The van der Waals surface area contributed by atoms with Crippen LogP contribution in [0.4, 0.5) is 5.69 Å². The summed E-state index contributed by atoms with van der Waals surface area (Å²) in [6.45, 7) is 3.84. The molecule has 2 heterocycles. The molecule has 0 bridgehead atoms. The fraction of sp³-hybridized carbons (Fsp3) is 0.154. The summed E-state index contributed by atoms with van der Waals surface area (Å²) in [6, 6.07) is 17.0. The predicted molar refractivity (Wildman–Crippen MR) is 122 cm³/mol. The lowest BCUT2D eigenvalue weighted by atomic mass is 9.97. The molecule has 6 heteroatoms. The third kappa shape index (κ3) is 2.95. The Morgan fingerprint density at radius 3 is 2.50 bits per heavy atom. The van der Waals surface area contributed by atoms with Gasteiger partial charge >= 0.3 is 0 Å². The molecule has 0 fully saturated rings. The molecule has 1 amide bonds. The molecule has 5 rings (SSSR count). The Hall–Kier alpha value is -4.06. The summed E-state index contributed by atoms with van der Waals surface area (Å²) >= 11 is 0. The molecule has 0 radical (unpaired) electrons. The van der Waals surface area contributed by atoms with Gasteiger partial charge < -0.3 is 14.3 Å². The number of hydrogen-bond acceptors (Lipinski definition) is 5. The number of carbonyl (C=O) groups is 1. The van der Waals surface area contributed by atoms with Crippen molar-refractivity contribution in [2.75, 3.05) is 12.0 Å². The van der Waals surface area contributed by atoms with Gasteiger partial charge in [-0.1, -0.05) is 29.8 Å². The van der Waals surface area contributed by atoms with E-state index < -0.39 is 6.04 Å². The fourth-order valence-electron chi connectivity index (χ4n) is 4.31. The molecule has 1 aliphatic rings. The maximum absolute atomic E-state index is 13.6.